The summed E-state index contributed by atoms with van der Waals surface area (Å²) in [5.41, 5.74) is 2.44. The molecule has 31 heavy (non-hydrogen) atoms. The maximum atomic E-state index is 12.3. The highest BCUT2D eigenvalue weighted by atomic mass is 35.5. The second kappa shape index (κ2) is 11.3. The average Bonchev–Trinajstić information content (AvgIpc) is 3.07. The maximum absolute atomic E-state index is 12.3. The Labute approximate surface area is 194 Å². The van der Waals surface area contributed by atoms with Crippen molar-refractivity contribution in [3.63, 3.8) is 0 Å². The molecule has 1 aromatic heterocycles. The number of esters is 1. The molecular weight excluding hydrogens is 456 g/mol. The summed E-state index contributed by atoms with van der Waals surface area (Å²) in [7, 11) is 0. The lowest BCUT2D eigenvalue weighted by molar-refractivity contribution is -0.144. The van der Waals surface area contributed by atoms with Gasteiger partial charge in [-0.2, -0.15) is 0 Å². The van der Waals surface area contributed by atoms with Gasteiger partial charge in [0.1, 0.15) is 5.76 Å². The monoisotopic (exact) mass is 476 g/mol. The van der Waals surface area contributed by atoms with Crippen molar-refractivity contribution in [3.8, 4) is 0 Å². The van der Waals surface area contributed by atoms with Crippen molar-refractivity contribution in [2.45, 2.75) is 29.4 Å². The Morgan fingerprint density at radius 2 is 1.87 bits per heavy atom. The number of aromatic nitrogens is 1. The second-order valence-corrected chi connectivity index (χ2v) is 9.09. The van der Waals surface area contributed by atoms with Gasteiger partial charge in [-0.3, -0.25) is 9.59 Å². The van der Waals surface area contributed by atoms with Gasteiger partial charge in [0, 0.05) is 26.1 Å². The number of hydrogen-bond acceptors (Lipinski definition) is 7. The number of para-hydroxylation sites is 1. The summed E-state index contributed by atoms with van der Waals surface area (Å²) in [5, 5.41) is 7.35. The molecule has 0 aliphatic heterocycles. The summed E-state index contributed by atoms with van der Waals surface area (Å²) in [6.07, 6.45) is 0. The normalized spacial score (nSPS) is 10.7. The van der Waals surface area contributed by atoms with E-state index in [1.807, 2.05) is 56.3 Å². The molecule has 0 saturated carbocycles. The average molecular weight is 477 g/mol. The minimum atomic E-state index is -0.448. The number of halogens is 1. The van der Waals surface area contributed by atoms with Crippen molar-refractivity contribution in [1.29, 1.82) is 0 Å². The van der Waals surface area contributed by atoms with Gasteiger partial charge in [-0.25, -0.2) is 0 Å². The molecule has 0 spiro atoms. The fraction of sp³-hybridized carbons (Fsp3) is 0.227. The zero-order chi connectivity index (χ0) is 22.2. The van der Waals surface area contributed by atoms with Gasteiger partial charge in [0.05, 0.1) is 17.1 Å². The van der Waals surface area contributed by atoms with E-state index in [2.05, 4.69) is 10.5 Å². The van der Waals surface area contributed by atoms with E-state index >= 15 is 0 Å². The molecular formula is C22H21ClN2O4S2. The molecule has 0 atom stereocenters. The number of amides is 1. The molecule has 0 saturated heterocycles. The van der Waals surface area contributed by atoms with Crippen LogP contribution in [0.15, 0.2) is 62.8 Å². The summed E-state index contributed by atoms with van der Waals surface area (Å²) in [4.78, 5) is 26.1. The molecule has 0 aliphatic rings. The van der Waals surface area contributed by atoms with Crippen molar-refractivity contribution in [2.75, 3.05) is 17.7 Å². The van der Waals surface area contributed by atoms with Crippen LogP contribution in [0.2, 0.25) is 5.02 Å². The van der Waals surface area contributed by atoms with Crippen LogP contribution < -0.4 is 5.32 Å². The van der Waals surface area contributed by atoms with Crippen molar-refractivity contribution >= 4 is 52.7 Å². The highest BCUT2D eigenvalue weighted by Gasteiger charge is 2.13. The highest BCUT2D eigenvalue weighted by molar-refractivity contribution is 7.99. The van der Waals surface area contributed by atoms with Crippen molar-refractivity contribution in [2.24, 2.45) is 0 Å². The van der Waals surface area contributed by atoms with E-state index in [1.165, 1.54) is 23.5 Å². The van der Waals surface area contributed by atoms with Crippen LogP contribution >= 0.6 is 35.1 Å². The van der Waals surface area contributed by atoms with Crippen LogP contribution in [0, 0.1) is 13.8 Å². The number of aryl methyl sites for hydroxylation is 2. The van der Waals surface area contributed by atoms with Crippen molar-refractivity contribution in [3.05, 3.63) is 70.6 Å². The predicted octanol–water partition coefficient (Wildman–Crippen LogP) is 5.51. The fourth-order valence-electron chi connectivity index (χ4n) is 2.61. The van der Waals surface area contributed by atoms with Gasteiger partial charge in [0.25, 0.3) is 5.91 Å². The first-order valence-corrected chi connectivity index (χ1v) is 11.7. The van der Waals surface area contributed by atoms with Crippen molar-refractivity contribution in [1.82, 2.24) is 5.16 Å². The lowest BCUT2D eigenvalue weighted by Crippen LogP contribution is -2.22. The summed E-state index contributed by atoms with van der Waals surface area (Å²) >= 11 is 8.82. The Hall–Kier alpha value is -2.42. The number of nitrogens with one attached hydrogen (secondary N) is 1. The van der Waals surface area contributed by atoms with Gasteiger partial charge < -0.3 is 14.6 Å². The van der Waals surface area contributed by atoms with Crippen molar-refractivity contribution < 1.29 is 18.8 Å². The summed E-state index contributed by atoms with van der Waals surface area (Å²) < 4.78 is 10.2. The molecule has 6 nitrogen and oxygen atoms in total. The number of nitrogens with zero attached hydrogens (tertiary/aromatic N) is 1. The molecule has 1 N–H and O–H groups in total. The lowest BCUT2D eigenvalue weighted by atomic mass is 10.2. The smallest absolute Gasteiger partial charge is 0.316 e. The van der Waals surface area contributed by atoms with Crippen LogP contribution in [0.1, 0.15) is 17.0 Å². The summed E-state index contributed by atoms with van der Waals surface area (Å²) in [6.45, 7) is 3.35. The molecule has 1 amide bonds. The molecule has 3 aromatic rings. The van der Waals surface area contributed by atoms with E-state index in [1.54, 1.807) is 6.07 Å². The number of carbonyl (C=O) groups is 2. The molecule has 3 rings (SSSR count). The Morgan fingerprint density at radius 3 is 2.58 bits per heavy atom. The first-order chi connectivity index (χ1) is 14.9. The largest absolute Gasteiger partial charge is 0.455 e. The molecule has 0 unspecified atom stereocenters. The second-order valence-electron chi connectivity index (χ2n) is 6.56. The molecule has 0 fully saturated rings. The first-order valence-electron chi connectivity index (χ1n) is 9.40. The summed E-state index contributed by atoms with van der Waals surface area (Å²) in [5.74, 6) is 0.634. The summed E-state index contributed by atoms with van der Waals surface area (Å²) in [6, 6.07) is 14.9. The van der Waals surface area contributed by atoms with Crippen LogP contribution in [0.3, 0.4) is 0 Å². The zero-order valence-corrected chi connectivity index (χ0v) is 19.4. The Balaban J connectivity index is 1.46. The number of benzene rings is 2. The zero-order valence-electron chi connectivity index (χ0n) is 17.0. The van der Waals surface area contributed by atoms with Gasteiger partial charge in [-0.1, -0.05) is 40.7 Å². The third-order valence-electron chi connectivity index (χ3n) is 4.21. The Bertz CT molecular complexity index is 1030. The fourth-order valence-corrected chi connectivity index (χ4v) is 4.60. The molecule has 0 bridgehead atoms. The quantitative estimate of drug-likeness (QED) is 0.407. The minimum Gasteiger partial charge on any atom is -0.455 e. The molecule has 162 valence electrons. The van der Waals surface area contributed by atoms with Crippen LogP contribution in [0.5, 0.6) is 0 Å². The number of rotatable bonds is 9. The molecule has 0 aliphatic carbocycles. The standard InChI is InChI=1S/C22H21ClN2O4S2/c1-14-18(15(2)29-25-14)12-30-13-22(27)28-11-21(26)24-19-5-3-4-6-20(19)31-17-9-7-16(23)8-10-17/h3-10H,11-13H2,1-2H3,(H,24,26). The topological polar surface area (TPSA) is 81.4 Å². The minimum absolute atomic E-state index is 0.139. The van der Waals surface area contributed by atoms with Gasteiger partial charge in [-0.05, 0) is 50.2 Å². The van der Waals surface area contributed by atoms with E-state index < -0.39 is 11.9 Å². The number of anilines is 1. The van der Waals surface area contributed by atoms with Crippen LogP contribution in [-0.4, -0.2) is 29.4 Å². The number of carbonyl (C=O) groups excluding carboxylic acids is 2. The molecule has 1 heterocycles. The maximum Gasteiger partial charge on any atom is 0.316 e. The van der Waals surface area contributed by atoms with Gasteiger partial charge in [-0.15, -0.1) is 11.8 Å². The van der Waals surface area contributed by atoms with E-state index in [0.717, 1.165) is 26.8 Å². The predicted molar refractivity (Wildman–Crippen MR) is 124 cm³/mol. The lowest BCUT2D eigenvalue weighted by Gasteiger charge is -2.11. The van der Waals surface area contributed by atoms with E-state index in [9.17, 15) is 9.59 Å². The Morgan fingerprint density at radius 1 is 1.13 bits per heavy atom. The third-order valence-corrected chi connectivity index (χ3v) is 6.48. The first kappa shape index (κ1) is 23.2. The van der Waals surface area contributed by atoms with E-state index in [4.69, 9.17) is 20.9 Å². The Kier molecular flexibility index (Phi) is 8.45. The van der Waals surface area contributed by atoms with E-state index in [0.29, 0.717) is 16.5 Å². The molecule has 0 radical (unpaired) electrons. The number of hydrogen-bond donors (Lipinski definition) is 1. The number of ether oxygens (including phenoxy) is 1. The molecule has 2 aromatic carbocycles. The van der Waals surface area contributed by atoms with Crippen LogP contribution in [0.25, 0.3) is 0 Å². The highest BCUT2D eigenvalue weighted by Crippen LogP contribution is 2.33. The molecule has 9 heteroatoms. The van der Waals surface area contributed by atoms with Gasteiger partial charge >= 0.3 is 5.97 Å². The number of thioether (sulfide) groups is 1. The van der Waals surface area contributed by atoms with Crippen LogP contribution in [-0.2, 0) is 20.1 Å². The SMILES string of the molecule is Cc1noc(C)c1CSCC(=O)OCC(=O)Nc1ccccc1Sc1ccc(Cl)cc1. The van der Waals surface area contributed by atoms with E-state index in [-0.39, 0.29) is 12.4 Å². The third kappa shape index (κ3) is 7.05. The van der Waals surface area contributed by atoms with Crippen LogP contribution in [0.4, 0.5) is 5.69 Å². The van der Waals surface area contributed by atoms with Gasteiger partial charge in [0.15, 0.2) is 6.61 Å². The van der Waals surface area contributed by atoms with Gasteiger partial charge in [0.2, 0.25) is 0 Å².